The quantitative estimate of drug-likeness (QED) is 0.425. The largest absolute Gasteiger partial charge is 0.386 e. The van der Waals surface area contributed by atoms with E-state index in [1.165, 1.54) is 0 Å². The van der Waals surface area contributed by atoms with Crippen molar-refractivity contribution < 1.29 is 18.3 Å². The van der Waals surface area contributed by atoms with Crippen LogP contribution in [0.4, 0.5) is 10.9 Å². The van der Waals surface area contributed by atoms with Crippen LogP contribution in [0.1, 0.15) is 51.8 Å². The number of benzene rings is 1. The third kappa shape index (κ3) is 5.29. The highest BCUT2D eigenvalue weighted by atomic mass is 32.2. The second-order valence-electron chi connectivity index (χ2n) is 9.54. The van der Waals surface area contributed by atoms with Crippen molar-refractivity contribution in [2.45, 2.75) is 56.8 Å². The zero-order valence-electron chi connectivity index (χ0n) is 19.5. The van der Waals surface area contributed by atoms with Gasteiger partial charge in [0.1, 0.15) is 5.82 Å². The summed E-state index contributed by atoms with van der Waals surface area (Å²) in [5, 5.41) is 14.7. The summed E-state index contributed by atoms with van der Waals surface area (Å²) in [5.41, 5.74) is 1.09. The van der Waals surface area contributed by atoms with Gasteiger partial charge in [0.05, 0.1) is 22.0 Å². The second-order valence-corrected chi connectivity index (χ2v) is 12.4. The molecule has 2 heterocycles. The number of rotatable bonds is 8. The van der Waals surface area contributed by atoms with Crippen LogP contribution in [0.5, 0.6) is 0 Å². The topological polar surface area (TPSA) is 121 Å². The number of nitrogens with one attached hydrogen (secondary N) is 2. The molecule has 0 bridgehead atoms. The molecule has 1 saturated carbocycles. The lowest BCUT2D eigenvalue weighted by Crippen LogP contribution is -2.35. The fraction of sp³-hybridized carbons (Fsp3) is 0.375. The number of sulfonamides is 1. The van der Waals surface area contributed by atoms with Crippen LogP contribution in [0.25, 0.3) is 11.1 Å². The predicted octanol–water partition coefficient (Wildman–Crippen LogP) is 4.25. The van der Waals surface area contributed by atoms with E-state index in [-0.39, 0.29) is 16.3 Å². The smallest absolute Gasteiger partial charge is 0.237 e. The van der Waals surface area contributed by atoms with Gasteiger partial charge in [-0.2, -0.15) is 0 Å². The van der Waals surface area contributed by atoms with Crippen LogP contribution in [0, 0.1) is 0 Å². The summed E-state index contributed by atoms with van der Waals surface area (Å²) in [4.78, 5) is 21.7. The normalized spacial score (nSPS) is 14.6. The van der Waals surface area contributed by atoms with Crippen molar-refractivity contribution in [3.63, 3.8) is 0 Å². The van der Waals surface area contributed by atoms with Crippen LogP contribution in [0.3, 0.4) is 0 Å². The van der Waals surface area contributed by atoms with Crippen molar-refractivity contribution in [1.29, 1.82) is 0 Å². The minimum atomic E-state index is -3.41. The van der Waals surface area contributed by atoms with Crippen molar-refractivity contribution in [2.24, 2.45) is 0 Å². The lowest BCUT2D eigenvalue weighted by Gasteiger charge is -2.21. The fourth-order valence-electron chi connectivity index (χ4n) is 3.30. The molecule has 1 aromatic carbocycles. The van der Waals surface area contributed by atoms with Gasteiger partial charge < -0.3 is 10.4 Å². The van der Waals surface area contributed by atoms with E-state index >= 15 is 0 Å². The van der Waals surface area contributed by atoms with Gasteiger partial charge in [-0.1, -0.05) is 18.2 Å². The van der Waals surface area contributed by atoms with Crippen LogP contribution >= 0.6 is 11.3 Å². The molecule has 0 spiro atoms. The Labute approximate surface area is 203 Å². The molecule has 3 N–H and O–H groups in total. The Hall–Kier alpha value is -2.82. The molecule has 0 unspecified atom stereocenters. The molecule has 3 aromatic rings. The first kappa shape index (κ1) is 24.3. The summed E-state index contributed by atoms with van der Waals surface area (Å²) in [5.74, 6) is 0.0871. The molecular weight excluding hydrogens is 472 g/mol. The molecule has 1 fully saturated rings. The Morgan fingerprint density at radius 3 is 2.47 bits per heavy atom. The number of aromatic nitrogens is 2. The molecule has 2 aromatic heterocycles. The maximum atomic E-state index is 13.0. The molecule has 10 heteroatoms. The summed E-state index contributed by atoms with van der Waals surface area (Å²) in [6, 6.07) is 11.2. The highest BCUT2D eigenvalue weighted by Crippen LogP contribution is 2.33. The molecular formula is C24H28N4O4S2. The second kappa shape index (κ2) is 8.75. The average Bonchev–Trinajstić information content (AvgIpc) is 3.54. The Morgan fingerprint density at radius 1 is 1.12 bits per heavy atom. The van der Waals surface area contributed by atoms with Crippen molar-refractivity contribution in [2.75, 3.05) is 10.0 Å². The van der Waals surface area contributed by atoms with E-state index in [9.17, 15) is 18.3 Å². The molecule has 0 atom stereocenters. The maximum absolute atomic E-state index is 13.0. The number of hydrogen-bond acceptors (Lipinski definition) is 7. The summed E-state index contributed by atoms with van der Waals surface area (Å²) < 4.78 is 26.8. The van der Waals surface area contributed by atoms with E-state index in [1.807, 2.05) is 30.3 Å². The Kier molecular flexibility index (Phi) is 6.26. The number of pyridine rings is 1. The van der Waals surface area contributed by atoms with E-state index in [0.717, 1.165) is 28.0 Å². The standard InChI is InChI=1S/C24H28N4O4S2/c1-23(2,19-14-33-22(26-19)28-34(31,32)18-9-10-18)21(29)27-20-11-8-16(13-25-20)15-6-5-7-17(12-15)24(3,4)30/h5-8,11-14,18,30H,9-10H2,1-4H3,(H,26,28)(H,25,27,29). The number of aliphatic hydroxyl groups is 1. The Balaban J connectivity index is 1.45. The van der Waals surface area contributed by atoms with Crippen LogP contribution in [-0.2, 0) is 25.8 Å². The van der Waals surface area contributed by atoms with E-state index in [2.05, 4.69) is 20.0 Å². The molecule has 1 aliphatic rings. The third-order valence-corrected chi connectivity index (χ3v) is 8.53. The van der Waals surface area contributed by atoms with E-state index in [4.69, 9.17) is 0 Å². The number of carbonyl (C=O) groups excluding carboxylic acids is 1. The fourth-order valence-corrected chi connectivity index (χ4v) is 5.77. The van der Waals surface area contributed by atoms with Gasteiger partial charge in [-0.15, -0.1) is 11.3 Å². The van der Waals surface area contributed by atoms with Crippen LogP contribution in [-0.4, -0.2) is 34.6 Å². The van der Waals surface area contributed by atoms with Crippen molar-refractivity contribution >= 4 is 38.2 Å². The summed E-state index contributed by atoms with van der Waals surface area (Å²) in [7, 11) is -3.41. The van der Waals surface area contributed by atoms with Gasteiger partial charge in [-0.25, -0.2) is 18.4 Å². The summed E-state index contributed by atoms with van der Waals surface area (Å²) in [6.45, 7) is 6.93. The summed E-state index contributed by atoms with van der Waals surface area (Å²) in [6.07, 6.45) is 3.00. The zero-order valence-corrected chi connectivity index (χ0v) is 21.1. The molecule has 4 rings (SSSR count). The first-order valence-corrected chi connectivity index (χ1v) is 13.4. The summed E-state index contributed by atoms with van der Waals surface area (Å²) >= 11 is 1.16. The van der Waals surface area contributed by atoms with E-state index in [0.29, 0.717) is 24.4 Å². The van der Waals surface area contributed by atoms with Crippen LogP contribution < -0.4 is 10.0 Å². The van der Waals surface area contributed by atoms with Gasteiger partial charge in [0.15, 0.2) is 5.13 Å². The van der Waals surface area contributed by atoms with E-state index in [1.54, 1.807) is 45.3 Å². The van der Waals surface area contributed by atoms with Gasteiger partial charge in [0.25, 0.3) is 0 Å². The minimum absolute atomic E-state index is 0.263. The molecule has 1 amide bonds. The SMILES string of the molecule is CC(C)(O)c1cccc(-c2ccc(NC(=O)C(C)(C)c3csc(NS(=O)(=O)C4CC4)n3)nc2)c1. The lowest BCUT2D eigenvalue weighted by molar-refractivity contribution is -0.120. The van der Waals surface area contributed by atoms with E-state index < -0.39 is 21.0 Å². The zero-order chi connectivity index (χ0) is 24.7. The van der Waals surface area contributed by atoms with Crippen LogP contribution in [0.2, 0.25) is 0 Å². The van der Waals surface area contributed by atoms with Crippen molar-refractivity contribution in [3.05, 3.63) is 59.2 Å². The van der Waals surface area contributed by atoms with Gasteiger partial charge >= 0.3 is 0 Å². The number of amides is 1. The molecule has 1 aliphatic carbocycles. The predicted molar refractivity (Wildman–Crippen MR) is 134 cm³/mol. The van der Waals surface area contributed by atoms with Crippen LogP contribution in [0.15, 0.2) is 48.0 Å². The number of nitrogens with zero attached hydrogens (tertiary/aromatic N) is 2. The van der Waals surface area contributed by atoms with Gasteiger partial charge in [-0.05, 0) is 69.9 Å². The molecule has 8 nitrogen and oxygen atoms in total. The number of hydrogen-bond donors (Lipinski definition) is 3. The van der Waals surface area contributed by atoms with Gasteiger partial charge in [-0.3, -0.25) is 9.52 Å². The Bertz CT molecular complexity index is 1310. The first-order valence-electron chi connectivity index (χ1n) is 10.9. The highest BCUT2D eigenvalue weighted by molar-refractivity contribution is 7.93. The average molecular weight is 501 g/mol. The van der Waals surface area contributed by atoms with Gasteiger partial charge in [0.2, 0.25) is 15.9 Å². The number of thiazole rings is 1. The monoisotopic (exact) mass is 500 g/mol. The molecule has 180 valence electrons. The third-order valence-electron chi connectivity index (χ3n) is 5.81. The van der Waals surface area contributed by atoms with Gasteiger partial charge in [0, 0.05) is 17.1 Å². The molecule has 0 radical (unpaired) electrons. The number of anilines is 2. The molecule has 0 aliphatic heterocycles. The maximum Gasteiger partial charge on any atom is 0.237 e. The van der Waals surface area contributed by atoms with Crippen molar-refractivity contribution in [3.8, 4) is 11.1 Å². The van der Waals surface area contributed by atoms with Crippen molar-refractivity contribution in [1.82, 2.24) is 9.97 Å². The molecule has 0 saturated heterocycles. The first-order chi connectivity index (χ1) is 15.9. The highest BCUT2D eigenvalue weighted by Gasteiger charge is 2.37. The Morgan fingerprint density at radius 2 is 1.85 bits per heavy atom. The lowest BCUT2D eigenvalue weighted by atomic mass is 9.89. The number of carbonyl (C=O) groups is 1. The minimum Gasteiger partial charge on any atom is -0.386 e. The molecule has 34 heavy (non-hydrogen) atoms.